The number of nitriles is 1. The fourth-order valence-corrected chi connectivity index (χ4v) is 1.06. The second kappa shape index (κ2) is 4.89. The first-order valence-electron chi connectivity index (χ1n) is 4.55. The van der Waals surface area contributed by atoms with Crippen LogP contribution in [0.2, 0.25) is 0 Å². The molecule has 0 radical (unpaired) electrons. The van der Waals surface area contributed by atoms with E-state index in [1.54, 1.807) is 19.9 Å². The zero-order chi connectivity index (χ0) is 12.1. The van der Waals surface area contributed by atoms with Crippen LogP contribution in [0.25, 0.3) is 0 Å². The van der Waals surface area contributed by atoms with E-state index in [1.165, 1.54) is 6.08 Å². The summed E-state index contributed by atoms with van der Waals surface area (Å²) in [6.45, 7) is 3.45. The molecule has 0 saturated heterocycles. The molecule has 0 aromatic carbocycles. The summed E-state index contributed by atoms with van der Waals surface area (Å²) < 4.78 is 0. The van der Waals surface area contributed by atoms with Crippen LogP contribution < -0.4 is 11.5 Å². The van der Waals surface area contributed by atoms with E-state index in [0.717, 1.165) is 0 Å². The van der Waals surface area contributed by atoms with Gasteiger partial charge in [0.1, 0.15) is 11.9 Å². The summed E-state index contributed by atoms with van der Waals surface area (Å²) in [5, 5.41) is 8.68. The van der Waals surface area contributed by atoms with Crippen molar-refractivity contribution >= 4 is 11.7 Å². The average Bonchev–Trinajstić information content (AvgIpc) is 2.14. The molecule has 0 amide bonds. The van der Waals surface area contributed by atoms with Gasteiger partial charge in [-0.3, -0.25) is 0 Å². The van der Waals surface area contributed by atoms with Crippen molar-refractivity contribution < 1.29 is 0 Å². The van der Waals surface area contributed by atoms with Gasteiger partial charge >= 0.3 is 0 Å². The van der Waals surface area contributed by atoms with Gasteiger partial charge in [0.05, 0.1) is 0 Å². The summed E-state index contributed by atoms with van der Waals surface area (Å²) >= 11 is 0. The standard InChI is InChI=1S/C10H12N6/c1-6(12)3-8(13)15-9-4-7(2)14-10(5-11)16-9/h3-4H,12H2,1-2H3,(H2,13,14,15,16)/b6-3-. The van der Waals surface area contributed by atoms with Crippen molar-refractivity contribution in [2.75, 3.05) is 0 Å². The first-order valence-corrected chi connectivity index (χ1v) is 4.55. The van der Waals surface area contributed by atoms with Gasteiger partial charge in [0.2, 0.25) is 5.82 Å². The van der Waals surface area contributed by atoms with Gasteiger partial charge in [0, 0.05) is 17.5 Å². The highest BCUT2D eigenvalue weighted by Crippen LogP contribution is 2.09. The molecule has 6 heteroatoms. The molecular formula is C10H12N6. The van der Waals surface area contributed by atoms with E-state index in [1.807, 2.05) is 6.07 Å². The Balaban J connectivity index is 3.11. The highest BCUT2D eigenvalue weighted by atomic mass is 15.0. The number of aliphatic imine (C=N–C) groups is 1. The first kappa shape index (κ1) is 11.7. The summed E-state index contributed by atoms with van der Waals surface area (Å²) in [6, 6.07) is 3.48. The molecule has 16 heavy (non-hydrogen) atoms. The van der Waals surface area contributed by atoms with E-state index < -0.39 is 0 Å². The quantitative estimate of drug-likeness (QED) is 0.552. The lowest BCUT2D eigenvalue weighted by Gasteiger charge is -1.98. The van der Waals surface area contributed by atoms with E-state index in [2.05, 4.69) is 15.0 Å². The van der Waals surface area contributed by atoms with Crippen molar-refractivity contribution in [3.63, 3.8) is 0 Å². The van der Waals surface area contributed by atoms with Crippen LogP contribution in [0.4, 0.5) is 5.82 Å². The first-order chi connectivity index (χ1) is 7.51. The van der Waals surface area contributed by atoms with Crippen molar-refractivity contribution in [2.24, 2.45) is 16.5 Å². The van der Waals surface area contributed by atoms with E-state index in [-0.39, 0.29) is 11.7 Å². The summed E-state index contributed by atoms with van der Waals surface area (Å²) in [6.07, 6.45) is 1.52. The van der Waals surface area contributed by atoms with Crippen LogP contribution in [0, 0.1) is 18.3 Å². The molecule has 1 aromatic heterocycles. The van der Waals surface area contributed by atoms with Gasteiger partial charge < -0.3 is 11.5 Å². The molecule has 1 aromatic rings. The molecule has 0 spiro atoms. The maximum Gasteiger partial charge on any atom is 0.234 e. The number of nitrogens with zero attached hydrogens (tertiary/aromatic N) is 4. The SMILES string of the molecule is C/C(N)=C/C(N)=Nc1cc(C)nc(C#N)n1. The molecule has 82 valence electrons. The molecule has 0 saturated carbocycles. The van der Waals surface area contributed by atoms with Gasteiger partial charge in [-0.1, -0.05) is 0 Å². The van der Waals surface area contributed by atoms with E-state index in [4.69, 9.17) is 16.7 Å². The average molecular weight is 216 g/mol. The Labute approximate surface area is 93.3 Å². The summed E-state index contributed by atoms with van der Waals surface area (Å²) in [7, 11) is 0. The van der Waals surface area contributed by atoms with Crippen LogP contribution in [0.1, 0.15) is 18.4 Å². The minimum atomic E-state index is 0.0694. The predicted molar refractivity (Wildman–Crippen MR) is 60.7 cm³/mol. The molecule has 6 nitrogen and oxygen atoms in total. The minimum absolute atomic E-state index is 0.0694. The van der Waals surface area contributed by atoms with Crippen LogP contribution in [0.15, 0.2) is 22.8 Å². The van der Waals surface area contributed by atoms with Crippen molar-refractivity contribution in [1.82, 2.24) is 9.97 Å². The van der Waals surface area contributed by atoms with Gasteiger partial charge in [-0.05, 0) is 19.9 Å². The Morgan fingerprint density at radius 1 is 1.50 bits per heavy atom. The molecule has 0 unspecified atom stereocenters. The normalized spacial score (nSPS) is 12.3. The number of amidine groups is 1. The van der Waals surface area contributed by atoms with Crippen molar-refractivity contribution in [3.05, 3.63) is 29.4 Å². The van der Waals surface area contributed by atoms with Crippen LogP contribution in [0.3, 0.4) is 0 Å². The maximum atomic E-state index is 8.68. The Bertz CT molecular complexity index is 491. The third kappa shape index (κ3) is 3.38. The molecule has 0 aliphatic carbocycles. The number of aromatic nitrogens is 2. The maximum absolute atomic E-state index is 8.68. The van der Waals surface area contributed by atoms with Crippen molar-refractivity contribution in [3.8, 4) is 6.07 Å². The summed E-state index contributed by atoms with van der Waals surface area (Å²) in [4.78, 5) is 11.8. The van der Waals surface area contributed by atoms with Gasteiger partial charge in [0.25, 0.3) is 0 Å². The summed E-state index contributed by atoms with van der Waals surface area (Å²) in [5.74, 6) is 0.654. The Hall–Kier alpha value is -2.42. The molecular weight excluding hydrogens is 204 g/mol. The van der Waals surface area contributed by atoms with Crippen LogP contribution in [-0.2, 0) is 0 Å². The number of aryl methyl sites for hydroxylation is 1. The predicted octanol–water partition coefficient (Wildman–Crippen LogP) is 0.508. The lowest BCUT2D eigenvalue weighted by molar-refractivity contribution is 1.05. The lowest BCUT2D eigenvalue weighted by atomic mass is 10.4. The van der Waals surface area contributed by atoms with Crippen molar-refractivity contribution in [1.29, 1.82) is 5.26 Å². The number of hydrogen-bond acceptors (Lipinski definition) is 5. The second-order valence-electron chi connectivity index (χ2n) is 3.23. The Morgan fingerprint density at radius 3 is 2.75 bits per heavy atom. The van der Waals surface area contributed by atoms with Gasteiger partial charge in [0.15, 0.2) is 5.82 Å². The number of allylic oxidation sites excluding steroid dienone is 1. The second-order valence-corrected chi connectivity index (χ2v) is 3.23. The fourth-order valence-electron chi connectivity index (χ4n) is 1.06. The molecule has 0 atom stereocenters. The smallest absolute Gasteiger partial charge is 0.234 e. The molecule has 0 fully saturated rings. The van der Waals surface area contributed by atoms with E-state index in [0.29, 0.717) is 17.2 Å². The highest BCUT2D eigenvalue weighted by molar-refractivity contribution is 5.93. The van der Waals surface area contributed by atoms with Crippen LogP contribution >= 0.6 is 0 Å². The highest BCUT2D eigenvalue weighted by Gasteiger charge is 2.00. The number of hydrogen-bond donors (Lipinski definition) is 2. The molecule has 4 N–H and O–H groups in total. The van der Waals surface area contributed by atoms with Gasteiger partial charge in [-0.15, -0.1) is 0 Å². The third-order valence-electron chi connectivity index (χ3n) is 1.56. The Morgan fingerprint density at radius 2 is 2.19 bits per heavy atom. The van der Waals surface area contributed by atoms with E-state index >= 15 is 0 Å². The number of rotatable bonds is 2. The zero-order valence-electron chi connectivity index (χ0n) is 9.10. The molecule has 0 bridgehead atoms. The lowest BCUT2D eigenvalue weighted by Crippen LogP contribution is -2.10. The zero-order valence-corrected chi connectivity index (χ0v) is 9.10. The third-order valence-corrected chi connectivity index (χ3v) is 1.56. The Kier molecular flexibility index (Phi) is 3.56. The largest absolute Gasteiger partial charge is 0.402 e. The molecule has 0 aliphatic heterocycles. The topological polar surface area (TPSA) is 114 Å². The molecule has 0 aliphatic rings. The van der Waals surface area contributed by atoms with Crippen LogP contribution in [0.5, 0.6) is 0 Å². The minimum Gasteiger partial charge on any atom is -0.402 e. The fraction of sp³-hybridized carbons (Fsp3) is 0.200. The van der Waals surface area contributed by atoms with Crippen molar-refractivity contribution in [2.45, 2.75) is 13.8 Å². The molecule has 1 heterocycles. The van der Waals surface area contributed by atoms with Crippen LogP contribution in [-0.4, -0.2) is 15.8 Å². The van der Waals surface area contributed by atoms with E-state index in [9.17, 15) is 0 Å². The van der Waals surface area contributed by atoms with Gasteiger partial charge in [-0.25, -0.2) is 9.98 Å². The van der Waals surface area contributed by atoms with Gasteiger partial charge in [-0.2, -0.15) is 10.2 Å². The molecule has 1 rings (SSSR count). The summed E-state index contributed by atoms with van der Waals surface area (Å²) in [5.41, 5.74) is 12.3. The number of nitrogens with two attached hydrogens (primary N) is 2. The monoisotopic (exact) mass is 216 g/mol.